The Bertz CT molecular complexity index is 3620. The lowest BCUT2D eigenvalue weighted by Gasteiger charge is -2.29. The number of thiophene rings is 1. The summed E-state index contributed by atoms with van der Waals surface area (Å²) in [6.45, 7) is 0. The lowest BCUT2D eigenvalue weighted by atomic mass is 9.94. The quantitative estimate of drug-likeness (QED) is 0.148. The van der Waals surface area contributed by atoms with E-state index in [0.29, 0.717) is 0 Å². The van der Waals surface area contributed by atoms with E-state index < -0.39 is 0 Å². The van der Waals surface area contributed by atoms with E-state index in [9.17, 15) is 0 Å². The summed E-state index contributed by atoms with van der Waals surface area (Å²) in [5.41, 5.74) is 16.4. The second-order valence-corrected chi connectivity index (χ2v) is 17.1. The molecule has 0 bridgehead atoms. The highest BCUT2D eigenvalue weighted by Crippen LogP contribution is 2.48. The Morgan fingerprint density at radius 3 is 1.59 bits per heavy atom. The lowest BCUT2D eigenvalue weighted by Crippen LogP contribution is -2.11. The summed E-state index contributed by atoms with van der Waals surface area (Å²) in [7, 11) is 0. The maximum Gasteiger partial charge on any atom is 0.0562 e. The number of aromatic nitrogens is 1. The minimum absolute atomic E-state index is 1.08. The molecule has 0 aliphatic heterocycles. The van der Waals surface area contributed by atoms with Crippen molar-refractivity contribution in [3.8, 4) is 50.2 Å². The third-order valence-corrected chi connectivity index (χ3v) is 13.7. The smallest absolute Gasteiger partial charge is 0.0562 e. The van der Waals surface area contributed by atoms with Gasteiger partial charge in [-0.3, -0.25) is 0 Å². The standard InChI is InChI=1S/C60H40N2S/c1-3-19-41(20-4-1)45-23-7-8-24-46(45)43-37-39-44(40-38-43)61(53-31-13-9-25-47(53)42-21-5-2-6-22-42)56-34-18-35-57-59(56)52-28-11-15-33-55(52)62(57)54-32-14-10-26-48(54)50-29-17-30-51-49-27-12-16-36-58(49)63-60(50)51/h1-40H. The molecule has 0 atom stereocenters. The molecule has 0 unspecified atom stereocenters. The first-order valence-corrected chi connectivity index (χ1v) is 22.3. The van der Waals surface area contributed by atoms with Gasteiger partial charge in [0.2, 0.25) is 0 Å². The molecule has 0 saturated heterocycles. The predicted octanol–water partition coefficient (Wildman–Crippen LogP) is 17.3. The van der Waals surface area contributed by atoms with Crippen molar-refractivity contribution in [3.63, 3.8) is 0 Å². The molecule has 63 heavy (non-hydrogen) atoms. The number of rotatable bonds is 8. The van der Waals surface area contributed by atoms with Crippen LogP contribution in [0.5, 0.6) is 0 Å². The fraction of sp³-hybridized carbons (Fsp3) is 0. The fourth-order valence-electron chi connectivity index (χ4n) is 9.63. The first kappa shape index (κ1) is 36.8. The zero-order valence-corrected chi connectivity index (χ0v) is 35.2. The van der Waals surface area contributed by atoms with Crippen molar-refractivity contribution in [3.05, 3.63) is 243 Å². The molecule has 0 amide bonds. The Morgan fingerprint density at radius 1 is 0.317 bits per heavy atom. The predicted molar refractivity (Wildman–Crippen MR) is 270 cm³/mol. The van der Waals surface area contributed by atoms with Gasteiger partial charge in [0.15, 0.2) is 0 Å². The lowest BCUT2D eigenvalue weighted by molar-refractivity contribution is 1.18. The van der Waals surface area contributed by atoms with Gasteiger partial charge in [-0.1, -0.05) is 194 Å². The van der Waals surface area contributed by atoms with Crippen LogP contribution in [0.2, 0.25) is 0 Å². The summed E-state index contributed by atoms with van der Waals surface area (Å²) in [5.74, 6) is 0. The third-order valence-electron chi connectivity index (χ3n) is 12.4. The van der Waals surface area contributed by atoms with Crippen LogP contribution in [-0.4, -0.2) is 4.57 Å². The van der Waals surface area contributed by atoms with Crippen molar-refractivity contribution in [2.75, 3.05) is 4.90 Å². The van der Waals surface area contributed by atoms with Gasteiger partial charge in [-0.25, -0.2) is 0 Å². The van der Waals surface area contributed by atoms with Crippen molar-refractivity contribution in [2.24, 2.45) is 0 Å². The van der Waals surface area contributed by atoms with Crippen molar-refractivity contribution in [2.45, 2.75) is 0 Å². The summed E-state index contributed by atoms with van der Waals surface area (Å²) in [4.78, 5) is 2.47. The van der Waals surface area contributed by atoms with Crippen LogP contribution < -0.4 is 4.90 Å². The summed E-state index contributed by atoms with van der Waals surface area (Å²) in [5, 5.41) is 5.01. The fourth-order valence-corrected chi connectivity index (χ4v) is 10.9. The SMILES string of the molecule is c1ccc(-c2ccccc2-c2ccc(N(c3ccccc3-c3ccccc3)c3cccc4c3c3ccccc3n4-c3ccccc3-c3cccc4c3sc3ccccc34)cc2)cc1. The van der Waals surface area contributed by atoms with E-state index in [4.69, 9.17) is 0 Å². The Labute approximate surface area is 370 Å². The van der Waals surface area contributed by atoms with Gasteiger partial charge in [0.1, 0.15) is 0 Å². The summed E-state index contributed by atoms with van der Waals surface area (Å²) >= 11 is 1.88. The molecular formula is C60H40N2S. The Kier molecular flexibility index (Phi) is 9.06. The van der Waals surface area contributed by atoms with Gasteiger partial charge in [0.25, 0.3) is 0 Å². The highest BCUT2D eigenvalue weighted by molar-refractivity contribution is 7.26. The molecule has 2 aromatic heterocycles. The van der Waals surface area contributed by atoms with E-state index in [1.54, 1.807) is 0 Å². The number of benzene rings is 10. The minimum Gasteiger partial charge on any atom is -0.309 e. The monoisotopic (exact) mass is 820 g/mol. The van der Waals surface area contributed by atoms with Crippen molar-refractivity contribution in [1.82, 2.24) is 4.57 Å². The third kappa shape index (κ3) is 6.24. The molecule has 2 heterocycles. The molecule has 0 aliphatic rings. The molecule has 2 nitrogen and oxygen atoms in total. The van der Waals surface area contributed by atoms with Gasteiger partial charge in [-0.2, -0.15) is 0 Å². The molecule has 0 saturated carbocycles. The Balaban J connectivity index is 1.09. The molecule has 296 valence electrons. The van der Waals surface area contributed by atoms with E-state index in [2.05, 4.69) is 252 Å². The van der Waals surface area contributed by atoms with Crippen LogP contribution in [-0.2, 0) is 0 Å². The van der Waals surface area contributed by atoms with Crippen LogP contribution in [0.1, 0.15) is 0 Å². The van der Waals surface area contributed by atoms with Crippen LogP contribution in [0, 0.1) is 0 Å². The molecule has 12 aromatic rings. The topological polar surface area (TPSA) is 8.17 Å². The average molecular weight is 821 g/mol. The molecule has 0 fully saturated rings. The second-order valence-electron chi connectivity index (χ2n) is 16.0. The highest BCUT2D eigenvalue weighted by Gasteiger charge is 2.24. The van der Waals surface area contributed by atoms with E-state index in [0.717, 1.165) is 28.3 Å². The summed E-state index contributed by atoms with van der Waals surface area (Å²) in [6.07, 6.45) is 0. The number of hydrogen-bond donors (Lipinski definition) is 0. The first-order chi connectivity index (χ1) is 31.3. The summed E-state index contributed by atoms with van der Waals surface area (Å²) < 4.78 is 5.11. The van der Waals surface area contributed by atoms with Gasteiger partial charge < -0.3 is 9.47 Å². The number of hydrogen-bond acceptors (Lipinski definition) is 2. The highest BCUT2D eigenvalue weighted by atomic mass is 32.1. The van der Waals surface area contributed by atoms with Crippen LogP contribution in [0.15, 0.2) is 243 Å². The van der Waals surface area contributed by atoms with Crippen LogP contribution in [0.25, 0.3) is 92.2 Å². The molecule has 0 aliphatic carbocycles. The van der Waals surface area contributed by atoms with Crippen LogP contribution in [0.3, 0.4) is 0 Å². The number of nitrogens with zero attached hydrogens (tertiary/aromatic N) is 2. The molecule has 12 rings (SSSR count). The number of anilines is 3. The number of para-hydroxylation sites is 3. The van der Waals surface area contributed by atoms with Gasteiger partial charge in [0.05, 0.1) is 28.1 Å². The van der Waals surface area contributed by atoms with Gasteiger partial charge in [0, 0.05) is 53.3 Å². The second kappa shape index (κ2) is 15.5. The van der Waals surface area contributed by atoms with Gasteiger partial charge >= 0.3 is 0 Å². The van der Waals surface area contributed by atoms with Gasteiger partial charge in [-0.15, -0.1) is 11.3 Å². The molecular weight excluding hydrogens is 781 g/mol. The van der Waals surface area contributed by atoms with Gasteiger partial charge in [-0.05, 0) is 76.3 Å². The molecule has 0 N–H and O–H groups in total. The normalized spacial score (nSPS) is 11.5. The maximum absolute atomic E-state index is 2.49. The molecule has 10 aromatic carbocycles. The zero-order chi connectivity index (χ0) is 41.7. The summed E-state index contributed by atoms with van der Waals surface area (Å²) in [6, 6.07) is 88.3. The maximum atomic E-state index is 2.49. The van der Waals surface area contributed by atoms with Crippen LogP contribution >= 0.6 is 11.3 Å². The number of fused-ring (bicyclic) bond motifs is 6. The van der Waals surface area contributed by atoms with Crippen LogP contribution in [0.4, 0.5) is 17.1 Å². The Morgan fingerprint density at radius 2 is 0.825 bits per heavy atom. The van der Waals surface area contributed by atoms with Crippen molar-refractivity contribution in [1.29, 1.82) is 0 Å². The van der Waals surface area contributed by atoms with E-state index in [1.165, 1.54) is 81.0 Å². The molecule has 3 heteroatoms. The van der Waals surface area contributed by atoms with E-state index in [1.807, 2.05) is 11.3 Å². The van der Waals surface area contributed by atoms with E-state index in [-0.39, 0.29) is 0 Å². The largest absolute Gasteiger partial charge is 0.309 e. The average Bonchev–Trinajstić information content (AvgIpc) is 3.92. The van der Waals surface area contributed by atoms with E-state index >= 15 is 0 Å². The first-order valence-electron chi connectivity index (χ1n) is 21.5. The Hall–Kier alpha value is -7.98. The van der Waals surface area contributed by atoms with Crippen molar-refractivity contribution >= 4 is 70.4 Å². The van der Waals surface area contributed by atoms with Crippen molar-refractivity contribution < 1.29 is 0 Å². The zero-order valence-electron chi connectivity index (χ0n) is 34.4. The molecule has 0 spiro atoms. The molecule has 0 radical (unpaired) electrons. The minimum atomic E-state index is 1.08.